The molecule has 0 amide bonds. The van der Waals surface area contributed by atoms with Crippen LogP contribution >= 0.6 is 7.60 Å². The highest BCUT2D eigenvalue weighted by molar-refractivity contribution is 7.53. The van der Waals surface area contributed by atoms with Crippen LogP contribution in [0.2, 0.25) is 0 Å². The fraction of sp³-hybridized carbons (Fsp3) is 0.400. The number of carboxylic acids is 1. The number of aromatic nitrogens is 1. The predicted molar refractivity (Wildman–Crippen MR) is 59.5 cm³/mol. The van der Waals surface area contributed by atoms with Crippen LogP contribution in [0.1, 0.15) is 12.5 Å². The maximum Gasteiger partial charge on any atom is 0.340 e. The molecule has 0 radical (unpaired) electrons. The summed E-state index contributed by atoms with van der Waals surface area (Å²) < 4.78 is 12.9. The summed E-state index contributed by atoms with van der Waals surface area (Å²) in [6.45, 7) is 2.63. The monoisotopic (exact) mass is 295 g/mol. The molecule has 1 aromatic heterocycles. The normalized spacial score (nSPS) is 12.6. The van der Waals surface area contributed by atoms with E-state index >= 15 is 0 Å². The number of carboxylic acid groups (broad SMARTS) is 1. The van der Waals surface area contributed by atoms with Crippen molar-refractivity contribution in [2.75, 3.05) is 0 Å². The Morgan fingerprint density at radius 2 is 2.11 bits per heavy atom. The largest absolute Gasteiger partial charge is 1.00 e. The molecule has 1 unspecified atom stereocenters. The first-order valence-electron chi connectivity index (χ1n) is 5.10. The highest BCUT2D eigenvalue weighted by Crippen LogP contribution is 2.42. The first-order chi connectivity index (χ1) is 7.84. The minimum absolute atomic E-state index is 0. The molecule has 0 saturated heterocycles. The van der Waals surface area contributed by atoms with E-state index in [-0.39, 0.29) is 18.8 Å². The summed E-state index contributed by atoms with van der Waals surface area (Å²) in [6.07, 6.45) is 3.31. The third-order valence-electron chi connectivity index (χ3n) is 2.40. The molecule has 0 aliphatic carbocycles. The standard InChI is InChI=1S/C10H14NO5P.ClH/c1-2-11-5-3-4-8(7-11)6-9(10(12)13)17(14,15)16;/h3-5,7,9H,2,6H2,1H3,(H2-,12,13,14,15,16);1H. The zero-order chi connectivity index (χ0) is 13.1. The SMILES string of the molecule is CC[n+]1cccc(CC(C(=O)O)P(=O)(O)O)c1.[Cl-]. The van der Waals surface area contributed by atoms with Crippen LogP contribution in [0.4, 0.5) is 0 Å². The number of nitrogens with zero attached hydrogens (tertiary/aromatic N) is 1. The van der Waals surface area contributed by atoms with Gasteiger partial charge >= 0.3 is 13.6 Å². The molecule has 3 N–H and O–H groups in total. The van der Waals surface area contributed by atoms with Crippen LogP contribution in [0.25, 0.3) is 0 Å². The van der Waals surface area contributed by atoms with Crippen LogP contribution in [0.15, 0.2) is 24.5 Å². The van der Waals surface area contributed by atoms with Gasteiger partial charge in [-0.1, -0.05) is 0 Å². The molecule has 0 saturated carbocycles. The molecular formula is C10H15ClNO5P. The van der Waals surface area contributed by atoms with Crippen molar-refractivity contribution in [3.63, 3.8) is 0 Å². The molecule has 0 bridgehead atoms. The van der Waals surface area contributed by atoms with Crippen LogP contribution in [-0.2, 0) is 22.3 Å². The second-order valence-corrected chi connectivity index (χ2v) is 5.49. The number of carbonyl (C=O) groups is 1. The number of pyridine rings is 1. The van der Waals surface area contributed by atoms with E-state index in [1.54, 1.807) is 24.5 Å². The lowest BCUT2D eigenvalue weighted by atomic mass is 10.1. The topological polar surface area (TPSA) is 98.7 Å². The lowest BCUT2D eigenvalue weighted by Crippen LogP contribution is -3.00. The van der Waals surface area contributed by atoms with Crippen molar-refractivity contribution >= 4 is 13.6 Å². The summed E-state index contributed by atoms with van der Waals surface area (Å²) in [4.78, 5) is 28.7. The molecule has 0 spiro atoms. The summed E-state index contributed by atoms with van der Waals surface area (Å²) in [5.41, 5.74) is -1.10. The first kappa shape index (κ1) is 17.1. The van der Waals surface area contributed by atoms with Crippen LogP contribution in [0.3, 0.4) is 0 Å². The van der Waals surface area contributed by atoms with E-state index in [1.807, 2.05) is 11.5 Å². The fourth-order valence-corrected chi connectivity index (χ4v) is 2.20. The number of rotatable bonds is 5. The Hall–Kier alpha value is -0.940. The summed E-state index contributed by atoms with van der Waals surface area (Å²) in [7, 11) is -4.63. The van der Waals surface area contributed by atoms with Crippen molar-refractivity contribution in [1.29, 1.82) is 0 Å². The van der Waals surface area contributed by atoms with E-state index in [1.165, 1.54) is 0 Å². The second-order valence-electron chi connectivity index (χ2n) is 3.69. The van der Waals surface area contributed by atoms with Crippen molar-refractivity contribution in [1.82, 2.24) is 0 Å². The predicted octanol–water partition coefficient (Wildman–Crippen LogP) is -2.83. The molecule has 18 heavy (non-hydrogen) atoms. The third-order valence-corrected chi connectivity index (χ3v) is 3.62. The van der Waals surface area contributed by atoms with Crippen molar-refractivity contribution in [2.24, 2.45) is 0 Å². The van der Waals surface area contributed by atoms with E-state index in [4.69, 9.17) is 14.9 Å². The first-order valence-corrected chi connectivity index (χ1v) is 6.78. The van der Waals surface area contributed by atoms with Gasteiger partial charge in [0.25, 0.3) is 0 Å². The molecule has 6 nitrogen and oxygen atoms in total. The lowest BCUT2D eigenvalue weighted by Gasteiger charge is -2.13. The van der Waals surface area contributed by atoms with E-state index in [9.17, 15) is 9.36 Å². The Bertz CT molecular complexity index is 461. The average Bonchev–Trinajstić information content (AvgIpc) is 2.24. The summed E-state index contributed by atoms with van der Waals surface area (Å²) in [5, 5.41) is 8.80. The molecule has 102 valence electrons. The molecule has 0 fully saturated rings. The van der Waals surface area contributed by atoms with Crippen molar-refractivity contribution in [2.45, 2.75) is 25.5 Å². The zero-order valence-corrected chi connectivity index (χ0v) is 11.4. The smallest absolute Gasteiger partial charge is 0.340 e. The van der Waals surface area contributed by atoms with Crippen molar-refractivity contribution < 1.29 is 41.2 Å². The molecule has 0 aromatic carbocycles. The molecule has 0 aliphatic rings. The van der Waals surface area contributed by atoms with Gasteiger partial charge in [0.05, 0.1) is 0 Å². The van der Waals surface area contributed by atoms with Gasteiger partial charge in [0.2, 0.25) is 0 Å². The van der Waals surface area contributed by atoms with Gasteiger partial charge in [-0.15, -0.1) is 0 Å². The van der Waals surface area contributed by atoms with E-state index in [2.05, 4.69) is 0 Å². The Morgan fingerprint density at radius 3 is 2.56 bits per heavy atom. The van der Waals surface area contributed by atoms with Gasteiger partial charge < -0.3 is 27.3 Å². The minimum Gasteiger partial charge on any atom is -1.00 e. The molecule has 1 atom stereocenters. The number of hydrogen-bond acceptors (Lipinski definition) is 2. The van der Waals surface area contributed by atoms with Crippen LogP contribution < -0.4 is 17.0 Å². The fourth-order valence-electron chi connectivity index (χ4n) is 1.47. The molecular weight excluding hydrogens is 281 g/mol. The van der Waals surface area contributed by atoms with Crippen molar-refractivity contribution in [3.05, 3.63) is 30.1 Å². The highest BCUT2D eigenvalue weighted by atomic mass is 35.5. The number of aliphatic carboxylic acids is 1. The van der Waals surface area contributed by atoms with Crippen LogP contribution in [0, 0.1) is 0 Å². The number of hydrogen-bond donors (Lipinski definition) is 3. The summed E-state index contributed by atoms with van der Waals surface area (Å²) in [6, 6.07) is 3.37. The minimum atomic E-state index is -4.63. The Morgan fingerprint density at radius 1 is 1.50 bits per heavy atom. The van der Waals surface area contributed by atoms with Crippen LogP contribution in [0.5, 0.6) is 0 Å². The second kappa shape index (κ2) is 6.85. The molecule has 1 heterocycles. The average molecular weight is 296 g/mol. The van der Waals surface area contributed by atoms with Gasteiger partial charge in [-0.3, -0.25) is 9.36 Å². The highest BCUT2D eigenvalue weighted by Gasteiger charge is 2.36. The van der Waals surface area contributed by atoms with Gasteiger partial charge in [0, 0.05) is 18.1 Å². The molecule has 1 aromatic rings. The van der Waals surface area contributed by atoms with Gasteiger partial charge in [0.15, 0.2) is 18.1 Å². The molecule has 8 heteroatoms. The maximum atomic E-state index is 11.0. The van der Waals surface area contributed by atoms with Gasteiger partial charge in [-0.25, -0.2) is 4.57 Å². The van der Waals surface area contributed by atoms with E-state index in [0.717, 1.165) is 0 Å². The maximum absolute atomic E-state index is 11.0. The zero-order valence-electron chi connectivity index (χ0n) is 9.73. The van der Waals surface area contributed by atoms with E-state index < -0.39 is 19.2 Å². The van der Waals surface area contributed by atoms with E-state index in [0.29, 0.717) is 12.1 Å². The number of halogens is 1. The Kier molecular flexibility index (Phi) is 6.49. The van der Waals surface area contributed by atoms with Crippen LogP contribution in [-0.4, -0.2) is 26.5 Å². The quantitative estimate of drug-likeness (QED) is 0.402. The summed E-state index contributed by atoms with van der Waals surface area (Å²) >= 11 is 0. The lowest BCUT2D eigenvalue weighted by molar-refractivity contribution is -0.693. The van der Waals surface area contributed by atoms with Gasteiger partial charge in [-0.05, 0) is 13.0 Å². The molecule has 1 rings (SSSR count). The molecule has 0 aliphatic heterocycles. The number of aryl methyl sites for hydroxylation is 1. The van der Waals surface area contributed by atoms with Gasteiger partial charge in [0.1, 0.15) is 6.54 Å². The summed E-state index contributed by atoms with van der Waals surface area (Å²) in [5.74, 6) is -1.48. The Labute approximate surface area is 111 Å². The third kappa shape index (κ3) is 4.74. The van der Waals surface area contributed by atoms with Crippen molar-refractivity contribution in [3.8, 4) is 0 Å². The Balaban J connectivity index is 0.00000289. The van der Waals surface area contributed by atoms with Gasteiger partial charge in [-0.2, -0.15) is 0 Å².